The molecule has 2 heteroatoms. The predicted octanol–water partition coefficient (Wildman–Crippen LogP) is 3.12. The van der Waals surface area contributed by atoms with Gasteiger partial charge in [0.1, 0.15) is 0 Å². The van der Waals surface area contributed by atoms with Crippen LogP contribution in [0.5, 0.6) is 0 Å². The summed E-state index contributed by atoms with van der Waals surface area (Å²) in [4.78, 5) is 14.6. The molecule has 0 spiro atoms. The predicted molar refractivity (Wildman–Crippen MR) is 74.3 cm³/mol. The monoisotopic (exact) mass is 245 g/mol. The Bertz CT molecular complexity index is 379. The number of carbonyl (C=O) groups excluding carboxylic acids is 1. The molecule has 1 aliphatic heterocycles. The Labute approximate surface area is 110 Å². The number of nitrogens with zero attached hydrogens (tertiary/aromatic N) is 1. The molecule has 1 aliphatic rings. The van der Waals surface area contributed by atoms with Gasteiger partial charge in [-0.15, -0.1) is 0 Å². The lowest BCUT2D eigenvalue weighted by Crippen LogP contribution is -2.37. The summed E-state index contributed by atoms with van der Waals surface area (Å²) in [6.07, 6.45) is 3.21. The van der Waals surface area contributed by atoms with Crippen molar-refractivity contribution >= 4 is 5.91 Å². The molecule has 2 rings (SSSR count). The molecule has 1 fully saturated rings. The molecule has 1 atom stereocenters. The van der Waals surface area contributed by atoms with Crippen LogP contribution >= 0.6 is 0 Å². The molecule has 2 nitrogen and oxygen atoms in total. The number of hydrogen-bond donors (Lipinski definition) is 0. The van der Waals surface area contributed by atoms with Crippen molar-refractivity contribution in [3.63, 3.8) is 0 Å². The number of carbonyl (C=O) groups is 1. The first-order valence-corrected chi connectivity index (χ1v) is 7.01. The number of amides is 1. The van der Waals surface area contributed by atoms with Crippen molar-refractivity contribution in [1.82, 2.24) is 4.90 Å². The highest BCUT2D eigenvalue weighted by Crippen LogP contribution is 2.22. The van der Waals surface area contributed by atoms with Gasteiger partial charge in [0.25, 0.3) is 0 Å². The van der Waals surface area contributed by atoms with Crippen LogP contribution in [0, 0.1) is 11.8 Å². The summed E-state index contributed by atoms with van der Waals surface area (Å²) in [7, 11) is 0. The minimum Gasteiger partial charge on any atom is -0.342 e. The second-order valence-electron chi connectivity index (χ2n) is 5.57. The van der Waals surface area contributed by atoms with Gasteiger partial charge < -0.3 is 4.90 Å². The molecule has 1 aromatic rings. The zero-order chi connectivity index (χ0) is 13.0. The molecule has 0 bridgehead atoms. The van der Waals surface area contributed by atoms with Crippen molar-refractivity contribution in [3.8, 4) is 0 Å². The Kier molecular flexibility index (Phi) is 4.40. The molecule has 1 heterocycles. The molecule has 98 valence electrons. The second-order valence-corrected chi connectivity index (χ2v) is 5.57. The third-order valence-corrected chi connectivity index (χ3v) is 3.84. The van der Waals surface area contributed by atoms with Crippen LogP contribution in [0.2, 0.25) is 0 Å². The molecule has 0 radical (unpaired) electrons. The first-order valence-electron chi connectivity index (χ1n) is 7.01. The largest absolute Gasteiger partial charge is 0.342 e. The Morgan fingerprint density at radius 1 is 1.17 bits per heavy atom. The maximum atomic E-state index is 12.5. The van der Waals surface area contributed by atoms with E-state index in [4.69, 9.17) is 0 Å². The van der Waals surface area contributed by atoms with Crippen LogP contribution in [0.25, 0.3) is 0 Å². The van der Waals surface area contributed by atoms with E-state index in [1.54, 1.807) is 0 Å². The SMILES string of the molecule is CC(C)[C@@H](Cc1ccccc1)C(=O)N1CCCC1. The normalized spacial score (nSPS) is 17.2. The van der Waals surface area contributed by atoms with Crippen molar-refractivity contribution in [2.75, 3.05) is 13.1 Å². The van der Waals surface area contributed by atoms with E-state index in [0.29, 0.717) is 11.8 Å². The molecule has 0 aliphatic carbocycles. The third-order valence-electron chi connectivity index (χ3n) is 3.84. The molecule has 1 amide bonds. The fourth-order valence-corrected chi connectivity index (χ4v) is 2.65. The van der Waals surface area contributed by atoms with Crippen LogP contribution in [-0.4, -0.2) is 23.9 Å². The molecule has 0 aromatic heterocycles. The molecule has 18 heavy (non-hydrogen) atoms. The van der Waals surface area contributed by atoms with Gasteiger partial charge in [0, 0.05) is 19.0 Å². The summed E-state index contributed by atoms with van der Waals surface area (Å²) in [5, 5.41) is 0. The number of hydrogen-bond acceptors (Lipinski definition) is 1. The van der Waals surface area contributed by atoms with E-state index in [1.165, 1.54) is 18.4 Å². The molecular formula is C16H23NO. The van der Waals surface area contributed by atoms with E-state index in [1.807, 2.05) is 23.1 Å². The highest BCUT2D eigenvalue weighted by molar-refractivity contribution is 5.79. The topological polar surface area (TPSA) is 20.3 Å². The van der Waals surface area contributed by atoms with Crippen molar-refractivity contribution in [2.45, 2.75) is 33.1 Å². The lowest BCUT2D eigenvalue weighted by Gasteiger charge is -2.26. The van der Waals surface area contributed by atoms with Crippen LogP contribution in [0.3, 0.4) is 0 Å². The Balaban J connectivity index is 2.06. The van der Waals surface area contributed by atoms with Gasteiger partial charge in [-0.2, -0.15) is 0 Å². The molecule has 0 unspecified atom stereocenters. The minimum atomic E-state index is 0.130. The Hall–Kier alpha value is -1.31. The lowest BCUT2D eigenvalue weighted by atomic mass is 9.88. The molecule has 1 saturated heterocycles. The third kappa shape index (κ3) is 3.12. The molecule has 0 N–H and O–H groups in total. The van der Waals surface area contributed by atoms with Gasteiger partial charge in [0.05, 0.1) is 0 Å². The average Bonchev–Trinajstić information content (AvgIpc) is 2.90. The van der Waals surface area contributed by atoms with E-state index in [0.717, 1.165) is 19.5 Å². The van der Waals surface area contributed by atoms with Gasteiger partial charge in [-0.1, -0.05) is 44.2 Å². The van der Waals surface area contributed by atoms with Crippen LogP contribution < -0.4 is 0 Å². The zero-order valence-electron chi connectivity index (χ0n) is 11.4. The zero-order valence-corrected chi connectivity index (χ0v) is 11.4. The van der Waals surface area contributed by atoms with E-state index in [-0.39, 0.29) is 5.92 Å². The van der Waals surface area contributed by atoms with E-state index in [9.17, 15) is 4.79 Å². The smallest absolute Gasteiger partial charge is 0.226 e. The maximum Gasteiger partial charge on any atom is 0.226 e. The lowest BCUT2D eigenvalue weighted by molar-refractivity contribution is -0.135. The number of likely N-dealkylation sites (tertiary alicyclic amines) is 1. The Morgan fingerprint density at radius 3 is 2.33 bits per heavy atom. The van der Waals surface area contributed by atoms with Crippen LogP contribution in [0.1, 0.15) is 32.3 Å². The first kappa shape index (κ1) is 13.1. The average molecular weight is 245 g/mol. The van der Waals surface area contributed by atoms with E-state index >= 15 is 0 Å². The van der Waals surface area contributed by atoms with E-state index < -0.39 is 0 Å². The number of rotatable bonds is 4. The summed E-state index contributed by atoms with van der Waals surface area (Å²) in [6, 6.07) is 10.4. The van der Waals surface area contributed by atoms with Gasteiger partial charge >= 0.3 is 0 Å². The van der Waals surface area contributed by atoms with Crippen molar-refractivity contribution in [3.05, 3.63) is 35.9 Å². The molecule has 1 aromatic carbocycles. The van der Waals surface area contributed by atoms with Gasteiger partial charge in [-0.3, -0.25) is 4.79 Å². The van der Waals surface area contributed by atoms with Gasteiger partial charge in [-0.25, -0.2) is 0 Å². The van der Waals surface area contributed by atoms with Crippen LogP contribution in [-0.2, 0) is 11.2 Å². The summed E-state index contributed by atoms with van der Waals surface area (Å²) >= 11 is 0. The highest BCUT2D eigenvalue weighted by Gasteiger charge is 2.28. The highest BCUT2D eigenvalue weighted by atomic mass is 16.2. The summed E-state index contributed by atoms with van der Waals surface area (Å²) in [5.74, 6) is 0.884. The van der Waals surface area contributed by atoms with Crippen LogP contribution in [0.4, 0.5) is 0 Å². The van der Waals surface area contributed by atoms with Crippen molar-refractivity contribution < 1.29 is 4.79 Å². The maximum absolute atomic E-state index is 12.5. The van der Waals surface area contributed by atoms with Gasteiger partial charge in [-0.05, 0) is 30.7 Å². The minimum absolute atomic E-state index is 0.130. The molecule has 0 saturated carbocycles. The quantitative estimate of drug-likeness (QED) is 0.798. The standard InChI is InChI=1S/C16H23NO/c1-13(2)15(12-14-8-4-3-5-9-14)16(18)17-10-6-7-11-17/h3-5,8-9,13,15H,6-7,10-12H2,1-2H3/t15-/m1/s1. The summed E-state index contributed by atoms with van der Waals surface area (Å²) in [5.41, 5.74) is 1.27. The van der Waals surface area contributed by atoms with Crippen LogP contribution in [0.15, 0.2) is 30.3 Å². The fourth-order valence-electron chi connectivity index (χ4n) is 2.65. The second kappa shape index (κ2) is 6.03. The van der Waals surface area contributed by atoms with Crippen molar-refractivity contribution in [2.24, 2.45) is 11.8 Å². The number of benzene rings is 1. The fraction of sp³-hybridized carbons (Fsp3) is 0.562. The van der Waals surface area contributed by atoms with E-state index in [2.05, 4.69) is 26.0 Å². The summed E-state index contributed by atoms with van der Waals surface area (Å²) in [6.45, 7) is 6.22. The first-order chi connectivity index (χ1) is 8.68. The Morgan fingerprint density at radius 2 is 1.78 bits per heavy atom. The van der Waals surface area contributed by atoms with Gasteiger partial charge in [0.2, 0.25) is 5.91 Å². The summed E-state index contributed by atoms with van der Waals surface area (Å²) < 4.78 is 0. The van der Waals surface area contributed by atoms with Crippen molar-refractivity contribution in [1.29, 1.82) is 0 Å². The molecular weight excluding hydrogens is 222 g/mol. The van der Waals surface area contributed by atoms with Gasteiger partial charge in [0.15, 0.2) is 0 Å².